The van der Waals surface area contributed by atoms with Crippen LogP contribution in [0, 0.1) is 0 Å². The summed E-state index contributed by atoms with van der Waals surface area (Å²) in [6, 6.07) is 3.34. The summed E-state index contributed by atoms with van der Waals surface area (Å²) in [5, 5.41) is 8.90. The number of carbonyl (C=O) groups is 1. The predicted molar refractivity (Wildman–Crippen MR) is 53.2 cm³/mol. The van der Waals surface area contributed by atoms with E-state index in [-0.39, 0.29) is 11.6 Å². The standard InChI is InChI=1S/C9H8N4O2/c10-9-12-6(7(13-9)8(14)15)5-1-3-11-4-2-5/h1-4H,(H,14,15)(H3,10,12,13). The number of carboxylic acids is 1. The lowest BCUT2D eigenvalue weighted by atomic mass is 10.1. The molecule has 0 atom stereocenters. The van der Waals surface area contributed by atoms with E-state index in [9.17, 15) is 4.79 Å². The van der Waals surface area contributed by atoms with Gasteiger partial charge in [-0.05, 0) is 12.1 Å². The molecule has 0 spiro atoms. The van der Waals surface area contributed by atoms with Crippen molar-refractivity contribution in [2.45, 2.75) is 0 Å². The molecule has 2 heterocycles. The molecule has 0 radical (unpaired) electrons. The quantitative estimate of drug-likeness (QED) is 0.669. The molecule has 6 heteroatoms. The number of aromatic carboxylic acids is 1. The van der Waals surface area contributed by atoms with Crippen LogP contribution >= 0.6 is 0 Å². The molecule has 0 fully saturated rings. The highest BCUT2D eigenvalue weighted by molar-refractivity contribution is 5.93. The zero-order chi connectivity index (χ0) is 10.8. The Kier molecular flexibility index (Phi) is 2.09. The second-order valence-electron chi connectivity index (χ2n) is 2.89. The van der Waals surface area contributed by atoms with Gasteiger partial charge in [0.25, 0.3) is 0 Å². The van der Waals surface area contributed by atoms with Gasteiger partial charge in [0, 0.05) is 18.0 Å². The number of rotatable bonds is 2. The smallest absolute Gasteiger partial charge is 0.354 e. The molecule has 0 aliphatic heterocycles. The Hall–Kier alpha value is -2.37. The van der Waals surface area contributed by atoms with E-state index in [2.05, 4.69) is 15.0 Å². The lowest BCUT2D eigenvalue weighted by molar-refractivity contribution is 0.0692. The molecule has 0 aromatic carbocycles. The molecule has 0 amide bonds. The summed E-state index contributed by atoms with van der Waals surface area (Å²) in [5.41, 5.74) is 6.38. The first-order chi connectivity index (χ1) is 7.18. The Balaban J connectivity index is 2.58. The molecule has 2 rings (SSSR count). The van der Waals surface area contributed by atoms with Gasteiger partial charge in [0.1, 0.15) is 5.69 Å². The van der Waals surface area contributed by atoms with Crippen LogP contribution < -0.4 is 5.73 Å². The number of anilines is 1. The van der Waals surface area contributed by atoms with Gasteiger partial charge in [0.2, 0.25) is 0 Å². The Bertz CT molecular complexity index is 492. The molecule has 15 heavy (non-hydrogen) atoms. The summed E-state index contributed by atoms with van der Waals surface area (Å²) in [4.78, 5) is 21.1. The first-order valence-corrected chi connectivity index (χ1v) is 4.17. The average molecular weight is 204 g/mol. The zero-order valence-corrected chi connectivity index (χ0v) is 7.64. The zero-order valence-electron chi connectivity index (χ0n) is 7.64. The molecule has 0 saturated carbocycles. The van der Waals surface area contributed by atoms with E-state index in [1.54, 1.807) is 24.5 Å². The highest BCUT2D eigenvalue weighted by atomic mass is 16.4. The minimum Gasteiger partial charge on any atom is -0.477 e. The fourth-order valence-electron chi connectivity index (χ4n) is 1.27. The second kappa shape index (κ2) is 3.41. The van der Waals surface area contributed by atoms with E-state index in [0.29, 0.717) is 11.3 Å². The SMILES string of the molecule is Nc1nc(-c2ccncc2)c(C(=O)O)[nH]1. The van der Waals surface area contributed by atoms with Crippen molar-refractivity contribution >= 4 is 11.9 Å². The molecule has 4 N–H and O–H groups in total. The Morgan fingerprint density at radius 1 is 1.40 bits per heavy atom. The van der Waals surface area contributed by atoms with Crippen LogP contribution in [0.3, 0.4) is 0 Å². The fourth-order valence-corrected chi connectivity index (χ4v) is 1.27. The molecular weight excluding hydrogens is 196 g/mol. The molecule has 0 aliphatic carbocycles. The first-order valence-electron chi connectivity index (χ1n) is 4.17. The van der Waals surface area contributed by atoms with Crippen molar-refractivity contribution in [2.24, 2.45) is 0 Å². The van der Waals surface area contributed by atoms with Gasteiger partial charge in [-0.25, -0.2) is 9.78 Å². The first kappa shape index (κ1) is 9.20. The number of aromatic amines is 1. The molecule has 2 aromatic heterocycles. The predicted octanol–water partition coefficient (Wildman–Crippen LogP) is 0.752. The molecule has 0 saturated heterocycles. The van der Waals surface area contributed by atoms with E-state index in [1.807, 2.05) is 0 Å². The Morgan fingerprint density at radius 2 is 2.07 bits per heavy atom. The van der Waals surface area contributed by atoms with Gasteiger partial charge in [-0.3, -0.25) is 4.98 Å². The number of carboxylic acid groups (broad SMARTS) is 1. The Labute approximate surface area is 84.8 Å². The summed E-state index contributed by atoms with van der Waals surface area (Å²) in [5.74, 6) is -1.01. The number of nitrogens with zero attached hydrogens (tertiary/aromatic N) is 2. The number of hydrogen-bond donors (Lipinski definition) is 3. The third-order valence-electron chi connectivity index (χ3n) is 1.89. The van der Waals surface area contributed by atoms with Crippen molar-refractivity contribution in [1.82, 2.24) is 15.0 Å². The molecular formula is C9H8N4O2. The maximum absolute atomic E-state index is 10.9. The second-order valence-corrected chi connectivity index (χ2v) is 2.89. The molecule has 6 nitrogen and oxygen atoms in total. The van der Waals surface area contributed by atoms with Crippen LogP contribution in [0.25, 0.3) is 11.3 Å². The van der Waals surface area contributed by atoms with E-state index >= 15 is 0 Å². The monoisotopic (exact) mass is 204 g/mol. The lowest BCUT2D eigenvalue weighted by Gasteiger charge is -1.96. The molecule has 0 unspecified atom stereocenters. The maximum Gasteiger partial charge on any atom is 0.354 e. The third kappa shape index (κ3) is 1.64. The van der Waals surface area contributed by atoms with Crippen molar-refractivity contribution in [1.29, 1.82) is 0 Å². The highest BCUT2D eigenvalue weighted by Crippen LogP contribution is 2.21. The van der Waals surface area contributed by atoms with Gasteiger partial charge in [-0.2, -0.15) is 0 Å². The molecule has 2 aromatic rings. The van der Waals surface area contributed by atoms with Gasteiger partial charge in [-0.15, -0.1) is 0 Å². The van der Waals surface area contributed by atoms with Crippen LogP contribution in [0.15, 0.2) is 24.5 Å². The Morgan fingerprint density at radius 3 is 2.67 bits per heavy atom. The molecule has 0 aliphatic rings. The molecule has 0 bridgehead atoms. The summed E-state index contributed by atoms with van der Waals surface area (Å²) in [6.07, 6.45) is 3.12. The van der Waals surface area contributed by atoms with Crippen LogP contribution in [0.5, 0.6) is 0 Å². The number of H-pyrrole nitrogens is 1. The third-order valence-corrected chi connectivity index (χ3v) is 1.89. The van der Waals surface area contributed by atoms with Crippen LogP contribution in [0.2, 0.25) is 0 Å². The molecule has 76 valence electrons. The number of nitrogens with one attached hydrogen (secondary N) is 1. The van der Waals surface area contributed by atoms with E-state index in [1.165, 1.54) is 0 Å². The number of hydrogen-bond acceptors (Lipinski definition) is 4. The van der Waals surface area contributed by atoms with Gasteiger partial charge in [0.15, 0.2) is 11.6 Å². The van der Waals surface area contributed by atoms with Crippen molar-refractivity contribution in [3.05, 3.63) is 30.2 Å². The minimum atomic E-state index is -1.09. The van der Waals surface area contributed by atoms with Gasteiger partial charge < -0.3 is 15.8 Å². The van der Waals surface area contributed by atoms with Crippen LogP contribution in [-0.4, -0.2) is 26.0 Å². The van der Waals surface area contributed by atoms with Crippen LogP contribution in [-0.2, 0) is 0 Å². The highest BCUT2D eigenvalue weighted by Gasteiger charge is 2.16. The van der Waals surface area contributed by atoms with Crippen molar-refractivity contribution < 1.29 is 9.90 Å². The van der Waals surface area contributed by atoms with E-state index in [0.717, 1.165) is 0 Å². The summed E-state index contributed by atoms with van der Waals surface area (Å²) in [6.45, 7) is 0. The van der Waals surface area contributed by atoms with Gasteiger partial charge in [0.05, 0.1) is 0 Å². The van der Waals surface area contributed by atoms with Crippen molar-refractivity contribution in [3.8, 4) is 11.3 Å². The van der Waals surface area contributed by atoms with E-state index in [4.69, 9.17) is 10.8 Å². The average Bonchev–Trinajstić information content (AvgIpc) is 2.62. The van der Waals surface area contributed by atoms with Crippen LogP contribution in [0.4, 0.5) is 5.95 Å². The number of pyridine rings is 1. The van der Waals surface area contributed by atoms with Gasteiger partial charge in [-0.1, -0.05) is 0 Å². The maximum atomic E-state index is 10.9. The summed E-state index contributed by atoms with van der Waals surface area (Å²) >= 11 is 0. The summed E-state index contributed by atoms with van der Waals surface area (Å²) < 4.78 is 0. The van der Waals surface area contributed by atoms with Crippen LogP contribution in [0.1, 0.15) is 10.5 Å². The number of imidazole rings is 1. The minimum absolute atomic E-state index is 0.0151. The van der Waals surface area contributed by atoms with E-state index < -0.39 is 5.97 Å². The fraction of sp³-hybridized carbons (Fsp3) is 0. The van der Waals surface area contributed by atoms with Crippen molar-refractivity contribution in [3.63, 3.8) is 0 Å². The van der Waals surface area contributed by atoms with Crippen molar-refractivity contribution in [2.75, 3.05) is 5.73 Å². The number of nitrogen functional groups attached to an aromatic ring is 1. The van der Waals surface area contributed by atoms with Gasteiger partial charge >= 0.3 is 5.97 Å². The summed E-state index contributed by atoms with van der Waals surface area (Å²) in [7, 11) is 0. The topological polar surface area (TPSA) is 105 Å². The largest absolute Gasteiger partial charge is 0.477 e. The lowest BCUT2D eigenvalue weighted by Crippen LogP contribution is -1.99. The number of nitrogens with two attached hydrogens (primary N) is 1. The normalized spacial score (nSPS) is 10.1. The number of aromatic nitrogens is 3.